The Balaban J connectivity index is 1.66. The minimum absolute atomic E-state index is 0.0131. The van der Waals surface area contributed by atoms with Crippen LogP contribution < -0.4 is 4.74 Å². The summed E-state index contributed by atoms with van der Waals surface area (Å²) in [7, 11) is -6.43. The third-order valence-corrected chi connectivity index (χ3v) is 9.11. The number of rotatable bonds is 8. The zero-order chi connectivity index (χ0) is 27.8. The van der Waals surface area contributed by atoms with Crippen molar-refractivity contribution < 1.29 is 44.7 Å². The van der Waals surface area contributed by atoms with E-state index in [2.05, 4.69) is 0 Å². The Morgan fingerprint density at radius 1 is 0.921 bits per heavy atom. The minimum Gasteiger partial charge on any atom is -0.483 e. The average Bonchev–Trinajstić information content (AvgIpc) is 2.87. The van der Waals surface area contributed by atoms with Gasteiger partial charge in [0.2, 0.25) is 0 Å². The van der Waals surface area contributed by atoms with Crippen LogP contribution in [0, 0.1) is 0 Å². The molecule has 1 N–H and O–H groups in total. The summed E-state index contributed by atoms with van der Waals surface area (Å²) in [6.45, 7) is 0.892. The van der Waals surface area contributed by atoms with Crippen LogP contribution in [-0.4, -0.2) is 43.5 Å². The number of hydrogen-bond acceptors (Lipinski definition) is 5. The zero-order valence-corrected chi connectivity index (χ0v) is 21.9. The summed E-state index contributed by atoms with van der Waals surface area (Å²) in [6, 6.07) is 22.7. The van der Waals surface area contributed by atoms with Gasteiger partial charge in [0.05, 0.1) is 10.9 Å². The standard InChI is InChI=1S/C26H24F4O6S2/c1-18(26(29,30)38(31,32)33)36-20-7-6-10-23(15-20)37(21-8-4-3-5-9-21)22-13-11-19(12-14-22)24(2)34-16-25(27,28)17-35-24/h3-15,18H,16-17H2,1-2H3/p+1. The van der Waals surface area contributed by atoms with Crippen LogP contribution in [0.3, 0.4) is 0 Å². The molecule has 1 aliphatic rings. The quantitative estimate of drug-likeness (QED) is 0.206. The van der Waals surface area contributed by atoms with Gasteiger partial charge in [0, 0.05) is 11.6 Å². The summed E-state index contributed by atoms with van der Waals surface area (Å²) in [5.41, 5.74) is 0.548. The maximum atomic E-state index is 14.0. The third kappa shape index (κ3) is 5.99. The van der Waals surface area contributed by atoms with Crippen molar-refractivity contribution in [2.75, 3.05) is 13.2 Å². The SMILES string of the molecule is CC(Oc1cccc([S+](c2ccccc2)c2ccc(C3(C)OCC(F)(F)CO3)cc2)c1)C(F)(F)S(=O)(=O)O. The molecule has 0 radical (unpaired) electrons. The molecule has 0 saturated carbocycles. The molecule has 3 aromatic carbocycles. The van der Waals surface area contributed by atoms with Gasteiger partial charge < -0.3 is 14.2 Å². The molecular formula is C26H25F4O6S2+. The second-order valence-corrected chi connectivity index (χ2v) is 12.3. The first-order valence-corrected chi connectivity index (χ1v) is 14.1. The molecule has 0 spiro atoms. The van der Waals surface area contributed by atoms with E-state index in [1.54, 1.807) is 43.3 Å². The van der Waals surface area contributed by atoms with Crippen molar-refractivity contribution >= 4 is 21.0 Å². The third-order valence-electron chi connectivity index (χ3n) is 5.88. The highest BCUT2D eigenvalue weighted by Gasteiger charge is 2.51. The van der Waals surface area contributed by atoms with Crippen LogP contribution in [0.25, 0.3) is 0 Å². The summed E-state index contributed by atoms with van der Waals surface area (Å²) in [5.74, 6) is -4.41. The van der Waals surface area contributed by atoms with Crippen molar-refractivity contribution in [2.45, 2.75) is 51.6 Å². The number of ether oxygens (including phenoxy) is 3. The highest BCUT2D eigenvalue weighted by molar-refractivity contribution is 7.97. The van der Waals surface area contributed by atoms with Gasteiger partial charge in [0.1, 0.15) is 19.0 Å². The molecule has 12 heteroatoms. The number of benzene rings is 3. The van der Waals surface area contributed by atoms with Crippen LogP contribution >= 0.6 is 0 Å². The van der Waals surface area contributed by atoms with Gasteiger partial charge in [-0.2, -0.15) is 17.2 Å². The highest BCUT2D eigenvalue weighted by Crippen LogP contribution is 2.38. The van der Waals surface area contributed by atoms with E-state index < -0.39 is 57.3 Å². The van der Waals surface area contributed by atoms with E-state index in [1.165, 1.54) is 12.1 Å². The second kappa shape index (κ2) is 10.5. The molecule has 38 heavy (non-hydrogen) atoms. The predicted molar refractivity (Wildman–Crippen MR) is 132 cm³/mol. The molecule has 0 amide bonds. The van der Waals surface area contributed by atoms with Crippen molar-refractivity contribution in [1.82, 2.24) is 0 Å². The van der Waals surface area contributed by atoms with E-state index >= 15 is 0 Å². The van der Waals surface area contributed by atoms with Crippen molar-refractivity contribution in [2.24, 2.45) is 0 Å². The Hall–Kier alpha value is -2.64. The molecule has 4 rings (SSSR count). The lowest BCUT2D eigenvalue weighted by Gasteiger charge is -2.37. The molecule has 2 unspecified atom stereocenters. The van der Waals surface area contributed by atoms with Gasteiger partial charge in [-0.25, -0.2) is 8.78 Å². The molecule has 1 saturated heterocycles. The molecule has 0 aliphatic carbocycles. The van der Waals surface area contributed by atoms with Crippen molar-refractivity contribution in [3.05, 3.63) is 84.4 Å². The first-order valence-electron chi connectivity index (χ1n) is 11.4. The molecule has 0 bridgehead atoms. The molecule has 1 aliphatic heterocycles. The molecule has 204 valence electrons. The maximum absolute atomic E-state index is 14.0. The van der Waals surface area contributed by atoms with Crippen LogP contribution in [-0.2, 0) is 36.3 Å². The lowest BCUT2D eigenvalue weighted by molar-refractivity contribution is -0.328. The average molecular weight is 574 g/mol. The molecule has 1 fully saturated rings. The van der Waals surface area contributed by atoms with Crippen LogP contribution in [0.15, 0.2) is 93.5 Å². The molecule has 3 aromatic rings. The van der Waals surface area contributed by atoms with Gasteiger partial charge in [-0.15, -0.1) is 0 Å². The van der Waals surface area contributed by atoms with E-state index in [4.69, 9.17) is 18.8 Å². The number of halogens is 4. The van der Waals surface area contributed by atoms with E-state index in [9.17, 15) is 26.0 Å². The topological polar surface area (TPSA) is 82.1 Å². The van der Waals surface area contributed by atoms with Gasteiger partial charge in [0.25, 0.3) is 5.92 Å². The second-order valence-electron chi connectivity index (χ2n) is 8.79. The van der Waals surface area contributed by atoms with Gasteiger partial charge in [0.15, 0.2) is 26.6 Å². The molecule has 0 aromatic heterocycles. The Bertz CT molecular complexity index is 1360. The fraction of sp³-hybridized carbons (Fsp3) is 0.308. The van der Waals surface area contributed by atoms with Crippen molar-refractivity contribution in [1.29, 1.82) is 0 Å². The molecule has 2 atom stereocenters. The first-order chi connectivity index (χ1) is 17.7. The van der Waals surface area contributed by atoms with E-state index in [0.29, 0.717) is 10.5 Å². The summed E-state index contributed by atoms with van der Waals surface area (Å²) in [6.07, 6.45) is -2.16. The largest absolute Gasteiger partial charge is 0.483 e. The van der Waals surface area contributed by atoms with Crippen molar-refractivity contribution in [3.63, 3.8) is 0 Å². The fourth-order valence-electron chi connectivity index (χ4n) is 3.75. The molecule has 6 nitrogen and oxygen atoms in total. The number of alkyl halides is 4. The maximum Gasteiger partial charge on any atom is 0.405 e. The van der Waals surface area contributed by atoms with Crippen LogP contribution in [0.1, 0.15) is 19.4 Å². The summed E-state index contributed by atoms with van der Waals surface area (Å²) in [4.78, 5) is 2.39. The molecule has 1 heterocycles. The van der Waals surface area contributed by atoms with E-state index in [-0.39, 0.29) is 5.75 Å². The van der Waals surface area contributed by atoms with Crippen molar-refractivity contribution in [3.8, 4) is 5.75 Å². The van der Waals surface area contributed by atoms with Crippen LogP contribution in [0.2, 0.25) is 0 Å². The zero-order valence-electron chi connectivity index (χ0n) is 20.3. The predicted octanol–water partition coefficient (Wildman–Crippen LogP) is 5.88. The lowest BCUT2D eigenvalue weighted by atomic mass is 10.1. The summed E-state index contributed by atoms with van der Waals surface area (Å²) < 4.78 is 102. The lowest BCUT2D eigenvalue weighted by Crippen LogP contribution is -2.46. The van der Waals surface area contributed by atoms with Gasteiger partial charge in [-0.3, -0.25) is 4.55 Å². The Morgan fingerprint density at radius 3 is 2.05 bits per heavy atom. The Kier molecular flexibility index (Phi) is 7.84. The first kappa shape index (κ1) is 28.4. The minimum atomic E-state index is -5.68. The van der Waals surface area contributed by atoms with E-state index in [1.807, 2.05) is 30.3 Å². The Labute approximate surface area is 220 Å². The van der Waals surface area contributed by atoms with Gasteiger partial charge in [-0.1, -0.05) is 24.3 Å². The van der Waals surface area contributed by atoms with Crippen LogP contribution in [0.5, 0.6) is 5.75 Å². The smallest absolute Gasteiger partial charge is 0.405 e. The van der Waals surface area contributed by atoms with Gasteiger partial charge in [-0.05, 0) is 62.4 Å². The fourth-order valence-corrected chi connectivity index (χ4v) is 6.32. The highest BCUT2D eigenvalue weighted by atomic mass is 32.2. The molecular weight excluding hydrogens is 548 g/mol. The monoisotopic (exact) mass is 573 g/mol. The summed E-state index contributed by atoms with van der Waals surface area (Å²) >= 11 is 0. The Morgan fingerprint density at radius 2 is 1.47 bits per heavy atom. The van der Waals surface area contributed by atoms with E-state index in [0.717, 1.165) is 16.7 Å². The normalized spacial score (nSPS) is 18.9. The van der Waals surface area contributed by atoms with Gasteiger partial charge >= 0.3 is 15.4 Å². The summed E-state index contributed by atoms with van der Waals surface area (Å²) in [5, 5.41) is -4.51. The number of hydrogen-bond donors (Lipinski definition) is 1. The van der Waals surface area contributed by atoms with Crippen LogP contribution in [0.4, 0.5) is 17.6 Å².